The van der Waals surface area contributed by atoms with Crippen molar-refractivity contribution in [3.63, 3.8) is 0 Å². The summed E-state index contributed by atoms with van der Waals surface area (Å²) >= 11 is 6.06. The monoisotopic (exact) mass is 461 g/mol. The van der Waals surface area contributed by atoms with E-state index in [9.17, 15) is 0 Å². The zero-order valence-corrected chi connectivity index (χ0v) is 16.4. The zero-order valence-electron chi connectivity index (χ0n) is 12.7. The minimum Gasteiger partial charge on any atom is -0.310 e. The second-order valence-electron chi connectivity index (χ2n) is 5.05. The molecule has 2 aromatic rings. The van der Waals surface area contributed by atoms with E-state index in [2.05, 4.69) is 87.0 Å². The summed E-state index contributed by atoms with van der Waals surface area (Å²) in [6, 6.07) is 9.05. The van der Waals surface area contributed by atoms with Crippen molar-refractivity contribution in [2.24, 2.45) is 7.05 Å². The van der Waals surface area contributed by atoms with Gasteiger partial charge in [0.15, 0.2) is 0 Å². The Bertz CT molecular complexity index is 592. The first kappa shape index (κ1) is 17.0. The number of likely N-dealkylation sites (N-methyl/N-ethyl adjacent to an activating group) is 1. The van der Waals surface area contributed by atoms with E-state index in [0.29, 0.717) is 6.04 Å². The van der Waals surface area contributed by atoms with Gasteiger partial charge in [-0.25, -0.2) is 0 Å². The maximum atomic E-state index is 4.59. The molecule has 1 atom stereocenters. The van der Waals surface area contributed by atoms with E-state index in [4.69, 9.17) is 0 Å². The number of hydrogen-bond donors (Lipinski definition) is 1. The van der Waals surface area contributed by atoms with E-state index in [0.717, 1.165) is 29.6 Å². The minimum atomic E-state index is 0.309. The average Bonchev–Trinajstić information content (AvgIpc) is 2.75. The lowest BCUT2D eigenvalue weighted by Crippen LogP contribution is -2.24. The van der Waals surface area contributed by atoms with Crippen LogP contribution in [0.3, 0.4) is 0 Å². The predicted octanol–water partition coefficient (Wildman–Crippen LogP) is 4.24. The molecule has 3 nitrogen and oxygen atoms in total. The van der Waals surface area contributed by atoms with E-state index in [-0.39, 0.29) is 0 Å². The van der Waals surface area contributed by atoms with E-state index in [1.165, 1.54) is 14.8 Å². The van der Waals surface area contributed by atoms with Gasteiger partial charge in [-0.2, -0.15) is 5.10 Å². The SMILES string of the molecule is CCNC(Cc1c(Br)c(CC)nn1C)c1ccc(I)cc1. The van der Waals surface area contributed by atoms with Crippen molar-refractivity contribution in [2.75, 3.05) is 6.54 Å². The number of benzene rings is 1. The van der Waals surface area contributed by atoms with Gasteiger partial charge in [0.05, 0.1) is 15.9 Å². The fraction of sp³-hybridized carbons (Fsp3) is 0.438. The lowest BCUT2D eigenvalue weighted by atomic mass is 10.0. The number of nitrogens with one attached hydrogen (secondary N) is 1. The molecule has 2 rings (SSSR count). The Kier molecular flexibility index (Phi) is 6.25. The Labute approximate surface area is 148 Å². The first-order valence-electron chi connectivity index (χ1n) is 7.25. The smallest absolute Gasteiger partial charge is 0.0766 e. The molecule has 0 spiro atoms. The van der Waals surface area contributed by atoms with Crippen molar-refractivity contribution in [3.05, 3.63) is 49.3 Å². The summed E-state index contributed by atoms with van der Waals surface area (Å²) in [7, 11) is 2.02. The van der Waals surface area contributed by atoms with Gasteiger partial charge in [0.25, 0.3) is 0 Å². The van der Waals surface area contributed by atoms with E-state index in [1.54, 1.807) is 0 Å². The molecule has 0 bridgehead atoms. The van der Waals surface area contributed by atoms with Gasteiger partial charge in [-0.1, -0.05) is 26.0 Å². The largest absolute Gasteiger partial charge is 0.310 e. The molecular weight excluding hydrogens is 441 g/mol. The van der Waals surface area contributed by atoms with Crippen molar-refractivity contribution in [3.8, 4) is 0 Å². The van der Waals surface area contributed by atoms with Gasteiger partial charge in [0.2, 0.25) is 0 Å². The fourth-order valence-corrected chi connectivity index (χ4v) is 3.62. The molecule has 0 aliphatic carbocycles. The predicted molar refractivity (Wildman–Crippen MR) is 99.6 cm³/mol. The highest BCUT2D eigenvalue weighted by Gasteiger charge is 2.18. The van der Waals surface area contributed by atoms with E-state index < -0.39 is 0 Å². The first-order valence-corrected chi connectivity index (χ1v) is 9.13. The molecule has 1 N–H and O–H groups in total. The molecule has 0 aliphatic heterocycles. The molecule has 0 radical (unpaired) electrons. The molecule has 1 unspecified atom stereocenters. The van der Waals surface area contributed by atoms with Gasteiger partial charge in [-0.05, 0) is 69.2 Å². The van der Waals surface area contributed by atoms with Crippen molar-refractivity contribution in [1.82, 2.24) is 15.1 Å². The van der Waals surface area contributed by atoms with Crippen LogP contribution in [0.4, 0.5) is 0 Å². The summed E-state index contributed by atoms with van der Waals surface area (Å²) in [5, 5.41) is 8.17. The molecule has 0 amide bonds. The Morgan fingerprint density at radius 2 is 1.95 bits per heavy atom. The quantitative estimate of drug-likeness (QED) is 0.652. The summed E-state index contributed by atoms with van der Waals surface area (Å²) < 4.78 is 4.42. The van der Waals surface area contributed by atoms with Crippen LogP contribution >= 0.6 is 38.5 Å². The molecule has 1 aromatic carbocycles. The summed E-state index contributed by atoms with van der Waals surface area (Å²) in [6.45, 7) is 5.24. The maximum Gasteiger partial charge on any atom is 0.0766 e. The Morgan fingerprint density at radius 3 is 2.48 bits per heavy atom. The Balaban J connectivity index is 2.28. The van der Waals surface area contributed by atoms with Crippen molar-refractivity contribution < 1.29 is 0 Å². The molecule has 21 heavy (non-hydrogen) atoms. The van der Waals surface area contributed by atoms with Crippen LogP contribution in [0.2, 0.25) is 0 Å². The summed E-state index contributed by atoms with van der Waals surface area (Å²) in [5.41, 5.74) is 3.70. The van der Waals surface area contributed by atoms with Crippen molar-refractivity contribution in [1.29, 1.82) is 0 Å². The summed E-state index contributed by atoms with van der Waals surface area (Å²) in [5.74, 6) is 0. The van der Waals surface area contributed by atoms with Gasteiger partial charge in [0.1, 0.15) is 0 Å². The number of hydrogen-bond acceptors (Lipinski definition) is 2. The number of aryl methyl sites for hydroxylation is 2. The van der Waals surface area contributed by atoms with Crippen LogP contribution < -0.4 is 5.32 Å². The maximum absolute atomic E-state index is 4.59. The van der Waals surface area contributed by atoms with Crippen LogP contribution in [0, 0.1) is 3.57 Å². The zero-order chi connectivity index (χ0) is 15.4. The Hall–Kier alpha value is -0.400. The van der Waals surface area contributed by atoms with E-state index in [1.807, 2.05) is 11.7 Å². The third-order valence-electron chi connectivity index (χ3n) is 3.62. The molecule has 1 aromatic heterocycles. The van der Waals surface area contributed by atoms with Gasteiger partial charge in [-0.3, -0.25) is 4.68 Å². The van der Waals surface area contributed by atoms with Crippen LogP contribution in [0.5, 0.6) is 0 Å². The second kappa shape index (κ2) is 7.74. The van der Waals surface area contributed by atoms with Gasteiger partial charge >= 0.3 is 0 Å². The van der Waals surface area contributed by atoms with Gasteiger partial charge in [0, 0.05) is 23.1 Å². The first-order chi connectivity index (χ1) is 10.1. The number of aromatic nitrogens is 2. The van der Waals surface area contributed by atoms with E-state index >= 15 is 0 Å². The van der Waals surface area contributed by atoms with Gasteiger partial charge in [-0.15, -0.1) is 0 Å². The summed E-state index contributed by atoms with van der Waals surface area (Å²) in [6.07, 6.45) is 1.88. The molecule has 0 saturated carbocycles. The molecule has 0 fully saturated rings. The topological polar surface area (TPSA) is 29.9 Å². The van der Waals surface area contributed by atoms with Crippen LogP contribution in [0.25, 0.3) is 0 Å². The minimum absolute atomic E-state index is 0.309. The molecule has 5 heteroatoms. The highest BCUT2D eigenvalue weighted by Crippen LogP contribution is 2.27. The molecular formula is C16H21BrIN3. The van der Waals surface area contributed by atoms with Crippen molar-refractivity contribution in [2.45, 2.75) is 32.7 Å². The van der Waals surface area contributed by atoms with Crippen LogP contribution in [0.1, 0.15) is 36.8 Å². The Morgan fingerprint density at radius 1 is 1.29 bits per heavy atom. The molecule has 1 heterocycles. The van der Waals surface area contributed by atoms with Gasteiger partial charge < -0.3 is 5.32 Å². The van der Waals surface area contributed by atoms with Crippen LogP contribution in [-0.4, -0.2) is 16.3 Å². The molecule has 0 aliphatic rings. The third kappa shape index (κ3) is 4.07. The number of halogens is 2. The number of nitrogens with zero attached hydrogens (tertiary/aromatic N) is 2. The normalized spacial score (nSPS) is 12.6. The standard InChI is InChI=1S/C16H21BrIN3/c1-4-13-16(17)15(21(3)20-13)10-14(19-5-2)11-6-8-12(18)9-7-11/h6-9,14,19H,4-5,10H2,1-3H3. The van der Waals surface area contributed by atoms with Crippen LogP contribution in [-0.2, 0) is 19.9 Å². The lowest BCUT2D eigenvalue weighted by Gasteiger charge is -2.19. The number of rotatable bonds is 6. The van der Waals surface area contributed by atoms with Crippen LogP contribution in [0.15, 0.2) is 28.7 Å². The lowest BCUT2D eigenvalue weighted by molar-refractivity contribution is 0.527. The fourth-order valence-electron chi connectivity index (χ4n) is 2.48. The third-order valence-corrected chi connectivity index (χ3v) is 5.26. The highest BCUT2D eigenvalue weighted by molar-refractivity contribution is 14.1. The molecule has 114 valence electrons. The average molecular weight is 462 g/mol. The second-order valence-corrected chi connectivity index (χ2v) is 7.09. The molecule has 0 saturated heterocycles. The highest BCUT2D eigenvalue weighted by atomic mass is 127. The summed E-state index contributed by atoms with van der Waals surface area (Å²) in [4.78, 5) is 0. The van der Waals surface area contributed by atoms with Crippen molar-refractivity contribution >= 4 is 38.5 Å².